The SMILES string of the molecule is CC(C)(C)OC(=O)N1CC=C(c2csc3cnc(Nc4ccc(CN5CCOCC5)cc4)nc23)CC1. The van der Waals surface area contributed by atoms with Crippen molar-refractivity contribution in [2.45, 2.75) is 39.3 Å². The molecule has 0 bridgehead atoms. The molecular formula is C27H33N5O3S. The maximum absolute atomic E-state index is 12.4. The van der Waals surface area contributed by atoms with Gasteiger partial charge in [-0.15, -0.1) is 11.3 Å². The van der Waals surface area contributed by atoms with E-state index in [2.05, 4.69) is 50.9 Å². The number of nitrogens with zero attached hydrogens (tertiary/aromatic N) is 4. The zero-order valence-electron chi connectivity index (χ0n) is 21.1. The third-order valence-electron chi connectivity index (χ3n) is 6.24. The molecular weight excluding hydrogens is 474 g/mol. The first-order valence-corrected chi connectivity index (χ1v) is 13.3. The Morgan fingerprint density at radius 1 is 1.17 bits per heavy atom. The number of ether oxygens (including phenoxy) is 2. The number of morpholine rings is 1. The van der Waals surface area contributed by atoms with Crippen LogP contribution in [0.25, 0.3) is 15.8 Å². The molecule has 36 heavy (non-hydrogen) atoms. The van der Waals surface area contributed by atoms with Gasteiger partial charge in [-0.2, -0.15) is 0 Å². The van der Waals surface area contributed by atoms with Crippen molar-refractivity contribution >= 4 is 44.9 Å². The molecule has 1 fully saturated rings. The average molecular weight is 508 g/mol. The molecule has 190 valence electrons. The minimum absolute atomic E-state index is 0.266. The number of rotatable bonds is 5. The maximum atomic E-state index is 12.4. The molecule has 5 rings (SSSR count). The number of hydrogen-bond donors (Lipinski definition) is 1. The Morgan fingerprint density at radius 2 is 1.94 bits per heavy atom. The average Bonchev–Trinajstić information content (AvgIpc) is 3.28. The molecule has 2 aromatic heterocycles. The summed E-state index contributed by atoms with van der Waals surface area (Å²) in [5.74, 6) is 0.579. The molecule has 0 radical (unpaired) electrons. The summed E-state index contributed by atoms with van der Waals surface area (Å²) in [7, 11) is 0. The predicted molar refractivity (Wildman–Crippen MR) is 144 cm³/mol. The minimum atomic E-state index is -0.492. The van der Waals surface area contributed by atoms with E-state index in [1.165, 1.54) is 11.1 Å². The Labute approximate surface area is 215 Å². The summed E-state index contributed by atoms with van der Waals surface area (Å²) in [4.78, 5) is 25.9. The summed E-state index contributed by atoms with van der Waals surface area (Å²) >= 11 is 1.64. The molecule has 4 heterocycles. The Bertz CT molecular complexity index is 1240. The van der Waals surface area contributed by atoms with Gasteiger partial charge in [0.2, 0.25) is 5.95 Å². The van der Waals surface area contributed by atoms with Crippen molar-refractivity contribution in [1.82, 2.24) is 19.8 Å². The molecule has 2 aliphatic heterocycles. The van der Waals surface area contributed by atoms with Gasteiger partial charge in [0.25, 0.3) is 0 Å². The maximum Gasteiger partial charge on any atom is 0.410 e. The second kappa shape index (κ2) is 10.5. The molecule has 0 aliphatic carbocycles. The standard InChI is InChI=1S/C27H33N5O3S/c1-27(2,3)35-26(33)32-10-8-20(9-11-32)22-18-36-23-16-28-25(30-24(22)23)29-21-6-4-19(5-7-21)17-31-12-14-34-15-13-31/h4-8,16,18H,9-15,17H2,1-3H3,(H,28,29,30). The summed E-state index contributed by atoms with van der Waals surface area (Å²) < 4.78 is 12.0. The van der Waals surface area contributed by atoms with E-state index < -0.39 is 5.60 Å². The molecule has 3 aromatic rings. The van der Waals surface area contributed by atoms with Crippen LogP contribution in [0, 0.1) is 0 Å². The first kappa shape index (κ1) is 24.7. The van der Waals surface area contributed by atoms with Gasteiger partial charge in [0, 0.05) is 49.4 Å². The molecule has 9 heteroatoms. The van der Waals surface area contributed by atoms with Crippen molar-refractivity contribution in [3.8, 4) is 0 Å². The van der Waals surface area contributed by atoms with Gasteiger partial charge in [0.15, 0.2) is 0 Å². The van der Waals surface area contributed by atoms with Crippen LogP contribution in [-0.2, 0) is 16.0 Å². The van der Waals surface area contributed by atoms with Gasteiger partial charge >= 0.3 is 6.09 Å². The van der Waals surface area contributed by atoms with Crippen LogP contribution in [0.5, 0.6) is 0 Å². The van der Waals surface area contributed by atoms with Crippen molar-refractivity contribution in [3.63, 3.8) is 0 Å². The summed E-state index contributed by atoms with van der Waals surface area (Å²) in [6.45, 7) is 11.3. The van der Waals surface area contributed by atoms with E-state index >= 15 is 0 Å². The molecule has 0 spiro atoms. The van der Waals surface area contributed by atoms with Crippen LogP contribution in [0.3, 0.4) is 0 Å². The lowest BCUT2D eigenvalue weighted by molar-refractivity contribution is 0.0270. The fraction of sp³-hybridized carbons (Fsp3) is 0.444. The largest absolute Gasteiger partial charge is 0.444 e. The Balaban J connectivity index is 1.26. The molecule has 8 nitrogen and oxygen atoms in total. The number of thiophene rings is 1. The second-order valence-electron chi connectivity index (χ2n) is 10.2. The number of carbonyl (C=O) groups is 1. The van der Waals surface area contributed by atoms with E-state index in [1.54, 1.807) is 16.2 Å². The number of benzene rings is 1. The van der Waals surface area contributed by atoms with Crippen LogP contribution in [0.4, 0.5) is 16.4 Å². The number of amides is 1. The van der Waals surface area contributed by atoms with E-state index in [1.807, 2.05) is 27.0 Å². The lowest BCUT2D eigenvalue weighted by atomic mass is 10.0. The highest BCUT2D eigenvalue weighted by molar-refractivity contribution is 7.17. The lowest BCUT2D eigenvalue weighted by Crippen LogP contribution is -2.39. The highest BCUT2D eigenvalue weighted by Gasteiger charge is 2.25. The number of carbonyl (C=O) groups excluding carboxylic acids is 1. The number of anilines is 2. The first-order chi connectivity index (χ1) is 17.3. The highest BCUT2D eigenvalue weighted by Crippen LogP contribution is 2.33. The Hall–Kier alpha value is -3.01. The zero-order chi connectivity index (χ0) is 25.1. The van der Waals surface area contributed by atoms with E-state index in [0.29, 0.717) is 19.0 Å². The number of aromatic nitrogens is 2. The van der Waals surface area contributed by atoms with Crippen LogP contribution < -0.4 is 5.32 Å². The van der Waals surface area contributed by atoms with Gasteiger partial charge in [-0.25, -0.2) is 14.8 Å². The number of hydrogen-bond acceptors (Lipinski definition) is 8. The molecule has 2 aliphatic rings. The molecule has 0 atom stereocenters. The molecule has 1 amide bonds. The monoisotopic (exact) mass is 507 g/mol. The summed E-state index contributed by atoms with van der Waals surface area (Å²) in [6, 6.07) is 8.45. The van der Waals surface area contributed by atoms with Gasteiger partial charge in [-0.1, -0.05) is 18.2 Å². The van der Waals surface area contributed by atoms with Crippen molar-refractivity contribution in [1.29, 1.82) is 0 Å². The fourth-order valence-corrected chi connectivity index (χ4v) is 5.25. The quantitative estimate of drug-likeness (QED) is 0.503. The van der Waals surface area contributed by atoms with Gasteiger partial charge in [0.05, 0.1) is 29.6 Å². The number of nitrogens with one attached hydrogen (secondary N) is 1. The summed E-state index contributed by atoms with van der Waals surface area (Å²) in [5, 5.41) is 5.49. The summed E-state index contributed by atoms with van der Waals surface area (Å²) in [6.07, 6.45) is 4.49. The van der Waals surface area contributed by atoms with Crippen molar-refractivity contribution < 1.29 is 14.3 Å². The van der Waals surface area contributed by atoms with Gasteiger partial charge < -0.3 is 19.7 Å². The van der Waals surface area contributed by atoms with Crippen molar-refractivity contribution in [2.75, 3.05) is 44.7 Å². The Kier molecular flexibility index (Phi) is 7.22. The minimum Gasteiger partial charge on any atom is -0.444 e. The predicted octanol–water partition coefficient (Wildman–Crippen LogP) is 5.29. The van der Waals surface area contributed by atoms with E-state index in [4.69, 9.17) is 14.5 Å². The van der Waals surface area contributed by atoms with Crippen LogP contribution in [0.1, 0.15) is 38.3 Å². The third-order valence-corrected chi connectivity index (χ3v) is 7.15. The molecule has 1 N–H and O–H groups in total. The second-order valence-corrected chi connectivity index (χ2v) is 11.1. The van der Waals surface area contributed by atoms with Gasteiger partial charge in [-0.3, -0.25) is 4.90 Å². The topological polar surface area (TPSA) is 79.8 Å². The normalized spacial score (nSPS) is 17.2. The van der Waals surface area contributed by atoms with E-state index in [-0.39, 0.29) is 6.09 Å². The van der Waals surface area contributed by atoms with Gasteiger partial charge in [-0.05, 0) is 50.5 Å². The van der Waals surface area contributed by atoms with Crippen LogP contribution in [0.2, 0.25) is 0 Å². The number of fused-ring (bicyclic) bond motifs is 1. The Morgan fingerprint density at radius 3 is 2.64 bits per heavy atom. The van der Waals surface area contributed by atoms with Crippen LogP contribution >= 0.6 is 11.3 Å². The van der Waals surface area contributed by atoms with E-state index in [9.17, 15) is 4.79 Å². The van der Waals surface area contributed by atoms with E-state index in [0.717, 1.165) is 60.7 Å². The van der Waals surface area contributed by atoms with Crippen molar-refractivity contribution in [2.24, 2.45) is 0 Å². The summed E-state index contributed by atoms with van der Waals surface area (Å²) in [5.41, 5.74) is 5.01. The molecule has 1 saturated heterocycles. The highest BCUT2D eigenvalue weighted by atomic mass is 32.1. The molecule has 0 saturated carbocycles. The zero-order valence-corrected chi connectivity index (χ0v) is 21.9. The first-order valence-electron chi connectivity index (χ1n) is 12.4. The lowest BCUT2D eigenvalue weighted by Gasteiger charge is -2.29. The van der Waals surface area contributed by atoms with Crippen LogP contribution in [-0.4, -0.2) is 70.9 Å². The fourth-order valence-electron chi connectivity index (χ4n) is 4.36. The van der Waals surface area contributed by atoms with Gasteiger partial charge in [0.1, 0.15) is 5.60 Å². The molecule has 1 aromatic carbocycles. The van der Waals surface area contributed by atoms with Crippen LogP contribution in [0.15, 0.2) is 41.9 Å². The van der Waals surface area contributed by atoms with Crippen molar-refractivity contribution in [3.05, 3.63) is 53.0 Å². The third kappa shape index (κ3) is 6.03. The molecule has 0 unspecified atom stereocenters. The smallest absolute Gasteiger partial charge is 0.410 e.